The van der Waals surface area contributed by atoms with E-state index in [-0.39, 0.29) is 18.1 Å². The van der Waals surface area contributed by atoms with Crippen LogP contribution < -0.4 is 5.32 Å². The molecule has 1 heterocycles. The van der Waals surface area contributed by atoms with Crippen molar-refractivity contribution >= 4 is 17.7 Å². The first-order chi connectivity index (χ1) is 8.13. The van der Waals surface area contributed by atoms with E-state index in [2.05, 4.69) is 5.32 Å². The fraction of sp³-hybridized carbons (Fsp3) is 0.583. The van der Waals surface area contributed by atoms with Gasteiger partial charge in [0.15, 0.2) is 0 Å². The van der Waals surface area contributed by atoms with Crippen LogP contribution in [0.3, 0.4) is 0 Å². The summed E-state index contributed by atoms with van der Waals surface area (Å²) < 4.78 is 9.99. The molecule has 0 radical (unpaired) electrons. The third-order valence-electron chi connectivity index (χ3n) is 2.13. The number of carbonyl (C=O) groups excluding carboxylic acids is 1. The maximum Gasteiger partial charge on any atom is 0.323 e. The van der Waals surface area contributed by atoms with E-state index in [0.29, 0.717) is 5.75 Å². The molecule has 0 bridgehead atoms. The summed E-state index contributed by atoms with van der Waals surface area (Å²) in [6.07, 6.45) is 1.65. The Morgan fingerprint density at radius 3 is 2.88 bits per heavy atom. The molecule has 0 spiro atoms. The smallest absolute Gasteiger partial charge is 0.323 e. The molecule has 1 aromatic rings. The highest BCUT2D eigenvalue weighted by Crippen LogP contribution is 2.14. The average Bonchev–Trinajstić information content (AvgIpc) is 2.79. The van der Waals surface area contributed by atoms with E-state index in [1.54, 1.807) is 18.0 Å². The highest BCUT2D eigenvalue weighted by Gasteiger charge is 2.19. The number of rotatable bonds is 7. The lowest BCUT2D eigenvalue weighted by molar-refractivity contribution is -0.142. The van der Waals surface area contributed by atoms with Gasteiger partial charge in [0.1, 0.15) is 11.8 Å². The predicted molar refractivity (Wildman–Crippen MR) is 68.9 cm³/mol. The molecule has 0 aliphatic heterocycles. The number of ether oxygens (including phenoxy) is 1. The van der Waals surface area contributed by atoms with Crippen molar-refractivity contribution in [2.45, 2.75) is 31.7 Å². The van der Waals surface area contributed by atoms with Crippen LogP contribution in [0.4, 0.5) is 0 Å². The summed E-state index contributed by atoms with van der Waals surface area (Å²) in [6, 6.07) is 3.78. The molecule has 0 aliphatic carbocycles. The zero-order valence-corrected chi connectivity index (χ0v) is 11.3. The highest BCUT2D eigenvalue weighted by molar-refractivity contribution is 7.98. The Morgan fingerprint density at radius 2 is 2.35 bits per heavy atom. The first-order valence-corrected chi connectivity index (χ1v) is 6.73. The lowest BCUT2D eigenvalue weighted by Crippen LogP contribution is -2.43. The molecule has 0 aliphatic rings. The lowest BCUT2D eigenvalue weighted by Gasteiger charge is -2.18. The van der Waals surface area contributed by atoms with Gasteiger partial charge in [-0.25, -0.2) is 0 Å². The number of carbonyl (C=O) groups is 1. The van der Waals surface area contributed by atoms with E-state index in [9.17, 15) is 4.79 Å². The van der Waals surface area contributed by atoms with Gasteiger partial charge in [-0.05, 0) is 12.1 Å². The molecule has 1 atom stereocenters. The monoisotopic (exact) mass is 257 g/mol. The van der Waals surface area contributed by atoms with Crippen LogP contribution in [0.2, 0.25) is 0 Å². The summed E-state index contributed by atoms with van der Waals surface area (Å²) in [4.78, 5) is 11.5. The van der Waals surface area contributed by atoms with Crippen molar-refractivity contribution in [1.82, 2.24) is 5.32 Å². The molecule has 0 aromatic carbocycles. The molecule has 0 saturated carbocycles. The van der Waals surface area contributed by atoms with Crippen LogP contribution in [0.15, 0.2) is 22.8 Å². The Kier molecular flexibility index (Phi) is 6.15. The van der Waals surface area contributed by atoms with Gasteiger partial charge in [0.2, 0.25) is 0 Å². The zero-order chi connectivity index (χ0) is 12.7. The van der Waals surface area contributed by atoms with Crippen molar-refractivity contribution in [1.29, 1.82) is 0 Å². The van der Waals surface area contributed by atoms with Gasteiger partial charge in [0.25, 0.3) is 0 Å². The minimum Gasteiger partial charge on any atom is -0.468 e. The first-order valence-electron chi connectivity index (χ1n) is 5.57. The Balaban J connectivity index is 2.35. The lowest BCUT2D eigenvalue weighted by atomic mass is 10.3. The van der Waals surface area contributed by atoms with E-state index >= 15 is 0 Å². The van der Waals surface area contributed by atoms with Crippen molar-refractivity contribution in [2.75, 3.05) is 12.9 Å². The van der Waals surface area contributed by atoms with Crippen molar-refractivity contribution in [2.24, 2.45) is 0 Å². The molecule has 0 fully saturated rings. The van der Waals surface area contributed by atoms with E-state index in [0.717, 1.165) is 11.5 Å². The van der Waals surface area contributed by atoms with Crippen molar-refractivity contribution in [3.63, 3.8) is 0 Å². The number of hydrogen-bond acceptors (Lipinski definition) is 5. The predicted octanol–water partition coefficient (Wildman–Crippen LogP) is 2.05. The number of methoxy groups -OCH3 is 1. The number of thioether (sulfide) groups is 1. The fourth-order valence-corrected chi connectivity index (χ4v) is 2.35. The Bertz CT molecular complexity index is 325. The average molecular weight is 257 g/mol. The standard InChI is InChI=1S/C12H19NO3S/c1-9(2)13-11(12(14)15-3)8-17-7-10-5-4-6-16-10/h4-6,9,11,13H,7-8H2,1-3H3. The molecule has 1 N–H and O–H groups in total. The molecule has 96 valence electrons. The van der Waals surface area contributed by atoms with E-state index in [1.807, 2.05) is 26.0 Å². The molecule has 0 amide bonds. The largest absolute Gasteiger partial charge is 0.468 e. The molecular weight excluding hydrogens is 238 g/mol. The van der Waals surface area contributed by atoms with Crippen LogP contribution in [0, 0.1) is 0 Å². The summed E-state index contributed by atoms with van der Waals surface area (Å²) in [7, 11) is 1.41. The Hall–Kier alpha value is -0.940. The van der Waals surface area contributed by atoms with Gasteiger partial charge in [-0.2, -0.15) is 11.8 Å². The summed E-state index contributed by atoms with van der Waals surface area (Å²) in [5, 5.41) is 3.18. The van der Waals surface area contributed by atoms with Gasteiger partial charge in [0.05, 0.1) is 19.1 Å². The number of hydrogen-bond donors (Lipinski definition) is 1. The van der Waals surface area contributed by atoms with Gasteiger partial charge in [-0.15, -0.1) is 0 Å². The molecule has 1 unspecified atom stereocenters. The molecule has 17 heavy (non-hydrogen) atoms. The van der Waals surface area contributed by atoms with Gasteiger partial charge in [-0.1, -0.05) is 13.8 Å². The fourth-order valence-electron chi connectivity index (χ4n) is 1.40. The van der Waals surface area contributed by atoms with Crippen LogP contribution >= 0.6 is 11.8 Å². The van der Waals surface area contributed by atoms with E-state index in [1.165, 1.54) is 7.11 Å². The maximum atomic E-state index is 11.5. The molecule has 1 rings (SSSR count). The van der Waals surface area contributed by atoms with Gasteiger partial charge >= 0.3 is 5.97 Å². The van der Waals surface area contributed by atoms with Gasteiger partial charge in [0, 0.05) is 11.8 Å². The van der Waals surface area contributed by atoms with Crippen molar-refractivity contribution in [3.8, 4) is 0 Å². The van der Waals surface area contributed by atoms with Gasteiger partial charge in [-0.3, -0.25) is 4.79 Å². The second-order valence-electron chi connectivity index (χ2n) is 3.99. The van der Waals surface area contributed by atoms with Crippen LogP contribution in [0.25, 0.3) is 0 Å². The number of nitrogens with one attached hydrogen (secondary N) is 1. The minimum absolute atomic E-state index is 0.217. The highest BCUT2D eigenvalue weighted by atomic mass is 32.2. The van der Waals surface area contributed by atoms with Crippen molar-refractivity contribution < 1.29 is 13.9 Å². The first kappa shape index (κ1) is 14.1. The topological polar surface area (TPSA) is 51.5 Å². The summed E-state index contributed by atoms with van der Waals surface area (Å²) in [6.45, 7) is 4.01. The van der Waals surface area contributed by atoms with Crippen LogP contribution in [0.1, 0.15) is 19.6 Å². The molecule has 0 saturated heterocycles. The summed E-state index contributed by atoms with van der Waals surface area (Å²) in [5.41, 5.74) is 0. The quantitative estimate of drug-likeness (QED) is 0.758. The minimum atomic E-state index is -0.264. The van der Waals surface area contributed by atoms with Crippen LogP contribution in [0.5, 0.6) is 0 Å². The van der Waals surface area contributed by atoms with Crippen molar-refractivity contribution in [3.05, 3.63) is 24.2 Å². The van der Waals surface area contributed by atoms with E-state index in [4.69, 9.17) is 9.15 Å². The molecular formula is C12H19NO3S. The van der Waals surface area contributed by atoms with Crippen LogP contribution in [-0.2, 0) is 15.3 Å². The third kappa shape index (κ3) is 5.28. The second kappa shape index (κ2) is 7.40. The molecule has 1 aromatic heterocycles. The number of esters is 1. The van der Waals surface area contributed by atoms with Crippen LogP contribution in [-0.4, -0.2) is 30.9 Å². The molecule has 5 heteroatoms. The number of furan rings is 1. The second-order valence-corrected chi connectivity index (χ2v) is 5.02. The SMILES string of the molecule is COC(=O)C(CSCc1ccco1)NC(C)C. The Labute approximate surface area is 106 Å². The Morgan fingerprint density at radius 1 is 1.59 bits per heavy atom. The maximum absolute atomic E-state index is 11.5. The van der Waals surface area contributed by atoms with E-state index < -0.39 is 0 Å². The zero-order valence-electron chi connectivity index (χ0n) is 10.4. The normalized spacial score (nSPS) is 12.7. The summed E-state index contributed by atoms with van der Waals surface area (Å²) in [5.74, 6) is 2.14. The summed E-state index contributed by atoms with van der Waals surface area (Å²) >= 11 is 1.65. The third-order valence-corrected chi connectivity index (χ3v) is 3.19. The van der Waals surface area contributed by atoms with Gasteiger partial charge < -0.3 is 14.5 Å². The molecule has 4 nitrogen and oxygen atoms in total.